The number of carboxylic acids is 1. The topological polar surface area (TPSA) is 113 Å². The van der Waals surface area contributed by atoms with Crippen molar-refractivity contribution >= 4 is 11.9 Å². The zero-order valence-electron chi connectivity index (χ0n) is 17.8. The van der Waals surface area contributed by atoms with Crippen LogP contribution in [-0.4, -0.2) is 51.7 Å². The number of benzene rings is 2. The Hall–Kier alpha value is -3.16. The summed E-state index contributed by atoms with van der Waals surface area (Å²) in [6.45, 7) is 1.72. The average Bonchev–Trinajstić information content (AvgIpc) is 3.06. The zero-order valence-corrected chi connectivity index (χ0v) is 17.8. The summed E-state index contributed by atoms with van der Waals surface area (Å²) in [6.07, 6.45) is -0.219. The molecule has 1 saturated carbocycles. The molecule has 0 heterocycles. The van der Waals surface area contributed by atoms with Crippen LogP contribution in [0.4, 0.5) is 0 Å². The Balaban J connectivity index is 1.72. The number of carbonyl (C=O) groups excluding carboxylic acids is 1. The first-order valence-electron chi connectivity index (χ1n) is 10.6. The second kappa shape index (κ2) is 10.9. The number of aliphatic hydroxyl groups excluding tert-OH is 2. The molecule has 6 atom stereocenters. The Morgan fingerprint density at radius 1 is 1.09 bits per heavy atom. The van der Waals surface area contributed by atoms with Gasteiger partial charge in [0.15, 0.2) is 0 Å². The van der Waals surface area contributed by atoms with Gasteiger partial charge in [-0.05, 0) is 31.2 Å². The van der Waals surface area contributed by atoms with Gasteiger partial charge in [0.1, 0.15) is 24.1 Å². The fraction of sp³-hybridized carbons (Fsp3) is 0.360. The standard InChI is InChI=1S/C25H28O7/c1-16(31-18-10-6-3-7-11-18)21(26)13-12-19-20(14-24(28)29)22(27)15-23(19)32-25(30)17-8-4-2-5-9-17/h2-13,16,19-23,26-27H,14-15H2,1H3,(H,28,29)/t16?,19-,20-,21?,22+,23-/m1/s1. The number of hydrogen-bond acceptors (Lipinski definition) is 6. The summed E-state index contributed by atoms with van der Waals surface area (Å²) in [7, 11) is 0. The van der Waals surface area contributed by atoms with Gasteiger partial charge >= 0.3 is 11.9 Å². The van der Waals surface area contributed by atoms with Crippen LogP contribution in [0.5, 0.6) is 5.75 Å². The molecule has 3 N–H and O–H groups in total. The molecule has 3 rings (SSSR count). The maximum Gasteiger partial charge on any atom is 0.338 e. The van der Waals surface area contributed by atoms with Crippen molar-refractivity contribution < 1.29 is 34.4 Å². The van der Waals surface area contributed by atoms with Crippen LogP contribution in [0.25, 0.3) is 0 Å². The van der Waals surface area contributed by atoms with Gasteiger partial charge in [0, 0.05) is 18.3 Å². The zero-order chi connectivity index (χ0) is 23.1. The first-order chi connectivity index (χ1) is 15.3. The predicted molar refractivity (Wildman–Crippen MR) is 117 cm³/mol. The van der Waals surface area contributed by atoms with Crippen molar-refractivity contribution in [2.24, 2.45) is 11.8 Å². The van der Waals surface area contributed by atoms with E-state index in [0.29, 0.717) is 11.3 Å². The number of para-hydroxylation sites is 1. The highest BCUT2D eigenvalue weighted by molar-refractivity contribution is 5.89. The van der Waals surface area contributed by atoms with Gasteiger partial charge in [-0.3, -0.25) is 4.79 Å². The first kappa shape index (κ1) is 23.5. The number of esters is 1. The van der Waals surface area contributed by atoms with Gasteiger partial charge in [0.05, 0.1) is 18.1 Å². The summed E-state index contributed by atoms with van der Waals surface area (Å²) in [4.78, 5) is 23.9. The fourth-order valence-corrected chi connectivity index (χ4v) is 3.93. The predicted octanol–water partition coefficient (Wildman–Crippen LogP) is 3.07. The Morgan fingerprint density at radius 2 is 1.72 bits per heavy atom. The molecular weight excluding hydrogens is 412 g/mol. The number of carbonyl (C=O) groups is 2. The molecule has 0 aromatic heterocycles. The highest BCUT2D eigenvalue weighted by atomic mass is 16.5. The van der Waals surface area contributed by atoms with Crippen LogP contribution in [0.15, 0.2) is 72.8 Å². The van der Waals surface area contributed by atoms with E-state index in [0.717, 1.165) is 0 Å². The van der Waals surface area contributed by atoms with Gasteiger partial charge in [-0.2, -0.15) is 0 Å². The van der Waals surface area contributed by atoms with E-state index >= 15 is 0 Å². The molecule has 0 amide bonds. The second-order valence-electron chi connectivity index (χ2n) is 7.96. The molecule has 7 heteroatoms. The van der Waals surface area contributed by atoms with Gasteiger partial charge in [-0.25, -0.2) is 4.79 Å². The van der Waals surface area contributed by atoms with Crippen LogP contribution >= 0.6 is 0 Å². The molecule has 7 nitrogen and oxygen atoms in total. The molecule has 0 bridgehead atoms. The van der Waals surface area contributed by atoms with Crippen molar-refractivity contribution in [3.8, 4) is 5.75 Å². The minimum absolute atomic E-state index is 0.123. The van der Waals surface area contributed by atoms with E-state index < -0.39 is 48.2 Å². The van der Waals surface area contributed by atoms with E-state index in [-0.39, 0.29) is 12.8 Å². The van der Waals surface area contributed by atoms with Crippen molar-refractivity contribution in [1.29, 1.82) is 0 Å². The molecule has 170 valence electrons. The average molecular weight is 440 g/mol. The SMILES string of the molecule is CC(Oc1ccccc1)C(O)C=C[C@@H]1[C@@H](CC(=O)O)[C@@H](O)C[C@H]1OC(=O)c1ccccc1. The lowest BCUT2D eigenvalue weighted by atomic mass is 9.89. The number of aliphatic hydroxyl groups is 2. The molecule has 2 unspecified atom stereocenters. The van der Waals surface area contributed by atoms with Crippen LogP contribution in [0, 0.1) is 11.8 Å². The summed E-state index contributed by atoms with van der Waals surface area (Å²) < 4.78 is 11.3. The summed E-state index contributed by atoms with van der Waals surface area (Å²) in [5, 5.41) is 30.2. The summed E-state index contributed by atoms with van der Waals surface area (Å²) in [5.74, 6) is -2.19. The number of carboxylic acid groups (broad SMARTS) is 1. The Morgan fingerprint density at radius 3 is 2.34 bits per heavy atom. The Kier molecular flexibility index (Phi) is 8.03. The van der Waals surface area contributed by atoms with Gasteiger partial charge in [-0.1, -0.05) is 48.6 Å². The molecule has 32 heavy (non-hydrogen) atoms. The number of hydrogen-bond donors (Lipinski definition) is 3. The lowest BCUT2D eigenvalue weighted by Gasteiger charge is -2.23. The molecule has 0 aliphatic heterocycles. The minimum Gasteiger partial charge on any atom is -0.488 e. The molecule has 0 saturated heterocycles. The van der Waals surface area contributed by atoms with Gasteiger partial charge in [0.25, 0.3) is 0 Å². The van der Waals surface area contributed by atoms with E-state index in [1.54, 1.807) is 55.5 Å². The van der Waals surface area contributed by atoms with Crippen LogP contribution < -0.4 is 4.74 Å². The van der Waals surface area contributed by atoms with Crippen molar-refractivity contribution in [2.45, 2.75) is 44.2 Å². The van der Waals surface area contributed by atoms with Crippen molar-refractivity contribution in [2.75, 3.05) is 0 Å². The van der Waals surface area contributed by atoms with Crippen LogP contribution in [0.2, 0.25) is 0 Å². The van der Waals surface area contributed by atoms with Gasteiger partial charge in [0.2, 0.25) is 0 Å². The quantitative estimate of drug-likeness (QED) is 0.406. The van der Waals surface area contributed by atoms with E-state index in [2.05, 4.69) is 0 Å². The van der Waals surface area contributed by atoms with E-state index in [4.69, 9.17) is 9.47 Å². The molecule has 2 aromatic rings. The Labute approximate surface area is 186 Å². The highest BCUT2D eigenvalue weighted by Crippen LogP contribution is 2.38. The lowest BCUT2D eigenvalue weighted by molar-refractivity contribution is -0.139. The van der Waals surface area contributed by atoms with Crippen LogP contribution in [-0.2, 0) is 9.53 Å². The lowest BCUT2D eigenvalue weighted by Crippen LogP contribution is -2.29. The minimum atomic E-state index is -1.05. The third-order valence-corrected chi connectivity index (χ3v) is 5.65. The maximum atomic E-state index is 12.5. The fourth-order valence-electron chi connectivity index (χ4n) is 3.93. The van der Waals surface area contributed by atoms with Crippen molar-refractivity contribution in [1.82, 2.24) is 0 Å². The third-order valence-electron chi connectivity index (χ3n) is 5.65. The summed E-state index contributed by atoms with van der Waals surface area (Å²) >= 11 is 0. The molecule has 0 spiro atoms. The number of rotatable bonds is 9. The second-order valence-corrected chi connectivity index (χ2v) is 7.96. The molecule has 0 radical (unpaired) electrons. The first-order valence-corrected chi connectivity index (χ1v) is 10.6. The molecular formula is C25H28O7. The summed E-state index contributed by atoms with van der Waals surface area (Å²) in [6, 6.07) is 17.5. The molecule has 1 fully saturated rings. The smallest absolute Gasteiger partial charge is 0.338 e. The highest BCUT2D eigenvalue weighted by Gasteiger charge is 2.44. The molecule has 1 aliphatic rings. The van der Waals surface area contributed by atoms with E-state index in [9.17, 15) is 24.9 Å². The van der Waals surface area contributed by atoms with Crippen LogP contribution in [0.1, 0.15) is 30.1 Å². The molecule has 1 aliphatic carbocycles. The monoisotopic (exact) mass is 440 g/mol. The van der Waals surface area contributed by atoms with Gasteiger partial charge < -0.3 is 24.8 Å². The van der Waals surface area contributed by atoms with Crippen LogP contribution in [0.3, 0.4) is 0 Å². The number of aliphatic carboxylic acids is 1. The largest absolute Gasteiger partial charge is 0.488 e. The van der Waals surface area contributed by atoms with Gasteiger partial charge in [-0.15, -0.1) is 0 Å². The normalized spacial score (nSPS) is 24.7. The van der Waals surface area contributed by atoms with E-state index in [1.165, 1.54) is 6.08 Å². The molecule has 2 aromatic carbocycles. The third kappa shape index (κ3) is 6.18. The van der Waals surface area contributed by atoms with Crippen molar-refractivity contribution in [3.63, 3.8) is 0 Å². The maximum absolute atomic E-state index is 12.5. The Bertz CT molecular complexity index is 912. The van der Waals surface area contributed by atoms with Crippen molar-refractivity contribution in [3.05, 3.63) is 78.4 Å². The number of ether oxygens (including phenoxy) is 2. The van der Waals surface area contributed by atoms with E-state index in [1.807, 2.05) is 18.2 Å². The summed E-state index contributed by atoms with van der Waals surface area (Å²) in [5.41, 5.74) is 0.372.